The van der Waals surface area contributed by atoms with Gasteiger partial charge in [0.25, 0.3) is 5.56 Å². The number of nitrogens with one attached hydrogen (secondary N) is 1. The fourth-order valence-electron chi connectivity index (χ4n) is 4.69. The molecule has 0 bridgehead atoms. The third-order valence-corrected chi connectivity index (χ3v) is 6.65. The van der Waals surface area contributed by atoms with E-state index in [1.165, 1.54) is 10.1 Å². The predicted octanol–water partition coefficient (Wildman–Crippen LogP) is 5.22. The van der Waals surface area contributed by atoms with Crippen LogP contribution in [0.2, 0.25) is 5.02 Å². The molecule has 5 aromatic rings. The van der Waals surface area contributed by atoms with Gasteiger partial charge in [0.05, 0.1) is 10.7 Å². The first-order valence-corrected chi connectivity index (χ1v) is 12.1. The molecule has 6 rings (SSSR count). The summed E-state index contributed by atoms with van der Waals surface area (Å²) in [5.74, 6) is 0.808. The summed E-state index contributed by atoms with van der Waals surface area (Å²) in [5, 5.41) is 4.12. The molecular weight excluding hydrogens is 474 g/mol. The third kappa shape index (κ3) is 3.65. The van der Waals surface area contributed by atoms with Gasteiger partial charge in [-0.1, -0.05) is 50.6 Å². The lowest BCUT2D eigenvalue weighted by atomic mass is 9.81. The van der Waals surface area contributed by atoms with Gasteiger partial charge in [-0.3, -0.25) is 14.2 Å². The van der Waals surface area contributed by atoms with Crippen LogP contribution >= 0.6 is 11.6 Å². The molecular formula is C27H24ClN7O. The van der Waals surface area contributed by atoms with Crippen molar-refractivity contribution in [1.82, 2.24) is 23.9 Å². The monoisotopic (exact) mass is 497 g/mol. The average molecular weight is 498 g/mol. The van der Waals surface area contributed by atoms with Crippen LogP contribution < -0.4 is 10.9 Å². The Hall–Kier alpha value is -4.04. The number of imidazole rings is 1. The largest absolute Gasteiger partial charge is 0.324 e. The molecule has 0 saturated carbocycles. The Balaban J connectivity index is 1.45. The van der Waals surface area contributed by atoms with E-state index in [0.717, 1.165) is 29.9 Å². The molecule has 0 aliphatic carbocycles. The Labute approximate surface area is 212 Å². The molecule has 180 valence electrons. The number of halogens is 1. The maximum Gasteiger partial charge on any atom is 0.270 e. The van der Waals surface area contributed by atoms with E-state index in [9.17, 15) is 4.79 Å². The van der Waals surface area contributed by atoms with E-state index in [4.69, 9.17) is 21.6 Å². The van der Waals surface area contributed by atoms with Gasteiger partial charge in [0.1, 0.15) is 5.39 Å². The summed E-state index contributed by atoms with van der Waals surface area (Å²) in [5.41, 5.74) is 5.08. The zero-order valence-electron chi connectivity index (χ0n) is 20.2. The summed E-state index contributed by atoms with van der Waals surface area (Å²) < 4.78 is 3.25. The first-order valence-electron chi connectivity index (χ1n) is 11.8. The van der Waals surface area contributed by atoms with Crippen LogP contribution in [0.3, 0.4) is 0 Å². The van der Waals surface area contributed by atoms with Gasteiger partial charge in [0.15, 0.2) is 5.65 Å². The lowest BCUT2D eigenvalue weighted by Crippen LogP contribution is -2.26. The number of para-hydroxylation sites is 1. The molecule has 0 amide bonds. The molecule has 9 heteroatoms. The first kappa shape index (κ1) is 22.4. The van der Waals surface area contributed by atoms with E-state index < -0.39 is 0 Å². The molecule has 0 unspecified atom stereocenters. The molecule has 3 aromatic heterocycles. The second-order valence-electron chi connectivity index (χ2n) is 9.85. The number of fused-ring (bicyclic) bond motifs is 4. The summed E-state index contributed by atoms with van der Waals surface area (Å²) in [4.78, 5) is 31.9. The second kappa shape index (κ2) is 8.27. The number of hydrogen-bond donors (Lipinski definition) is 1. The minimum atomic E-state index is -0.289. The van der Waals surface area contributed by atoms with Gasteiger partial charge in [-0.2, -0.15) is 4.98 Å². The van der Waals surface area contributed by atoms with E-state index in [2.05, 4.69) is 48.2 Å². The number of anilines is 2. The molecule has 4 heterocycles. The standard InChI is InChI=1S/C27H24ClN7O/c1-27(2,3)22-18-14-17(9-8-16(18)10-11-29-22)32-25-31-15-19-23(33-25)34-13-12-30-26(34)35(24(19)36)21-7-5-4-6-20(21)28/h4-9,12-15H,10-11H2,1-3H3,(H,31,32,33). The van der Waals surface area contributed by atoms with Crippen molar-refractivity contribution in [3.05, 3.63) is 87.6 Å². The van der Waals surface area contributed by atoms with Crippen LogP contribution in [0.15, 0.2) is 70.8 Å². The highest BCUT2D eigenvalue weighted by molar-refractivity contribution is 6.32. The molecule has 2 aromatic carbocycles. The van der Waals surface area contributed by atoms with Crippen LogP contribution in [-0.2, 0) is 6.42 Å². The second-order valence-corrected chi connectivity index (χ2v) is 10.3. The van der Waals surface area contributed by atoms with Crippen molar-refractivity contribution in [1.29, 1.82) is 0 Å². The van der Waals surface area contributed by atoms with Gasteiger partial charge in [-0.05, 0) is 36.2 Å². The van der Waals surface area contributed by atoms with Crippen LogP contribution in [0.4, 0.5) is 11.6 Å². The van der Waals surface area contributed by atoms with Gasteiger partial charge < -0.3 is 5.32 Å². The van der Waals surface area contributed by atoms with Crippen LogP contribution in [0.25, 0.3) is 22.5 Å². The summed E-state index contributed by atoms with van der Waals surface area (Å²) in [7, 11) is 0. The molecule has 1 N–H and O–H groups in total. The number of rotatable bonds is 3. The number of benzene rings is 2. The van der Waals surface area contributed by atoms with Gasteiger partial charge in [-0.25, -0.2) is 14.5 Å². The van der Waals surface area contributed by atoms with Gasteiger partial charge in [0.2, 0.25) is 11.7 Å². The molecule has 0 atom stereocenters. The van der Waals surface area contributed by atoms with Crippen LogP contribution in [0.1, 0.15) is 31.9 Å². The molecule has 1 aliphatic heterocycles. The zero-order valence-corrected chi connectivity index (χ0v) is 20.9. The van der Waals surface area contributed by atoms with Crippen molar-refractivity contribution >= 4 is 45.8 Å². The van der Waals surface area contributed by atoms with Crippen molar-refractivity contribution in [3.63, 3.8) is 0 Å². The normalized spacial score (nSPS) is 13.6. The predicted molar refractivity (Wildman–Crippen MR) is 143 cm³/mol. The highest BCUT2D eigenvalue weighted by Gasteiger charge is 2.25. The molecule has 0 saturated heterocycles. The zero-order chi connectivity index (χ0) is 25.0. The Kier molecular flexibility index (Phi) is 5.15. The fourth-order valence-corrected chi connectivity index (χ4v) is 4.91. The smallest absolute Gasteiger partial charge is 0.270 e. The SMILES string of the molecule is CC(C)(C)C1=NCCc2ccc(Nc3ncc4c(=O)n(-c5ccccc5Cl)c5nccn5c4n3)cc21. The molecule has 0 spiro atoms. The maximum atomic E-state index is 13.5. The lowest BCUT2D eigenvalue weighted by molar-refractivity contribution is 0.585. The van der Waals surface area contributed by atoms with Crippen molar-refractivity contribution in [2.24, 2.45) is 10.4 Å². The third-order valence-electron chi connectivity index (χ3n) is 6.33. The summed E-state index contributed by atoms with van der Waals surface area (Å²) in [6.07, 6.45) is 5.87. The van der Waals surface area contributed by atoms with E-state index in [-0.39, 0.29) is 11.0 Å². The average Bonchev–Trinajstić information content (AvgIpc) is 3.34. The van der Waals surface area contributed by atoms with Gasteiger partial charge in [-0.15, -0.1) is 0 Å². The van der Waals surface area contributed by atoms with Crippen molar-refractivity contribution < 1.29 is 0 Å². The topological polar surface area (TPSA) is 89.5 Å². The number of aliphatic imine (C=N–C) groups is 1. The summed E-state index contributed by atoms with van der Waals surface area (Å²) in [6, 6.07) is 13.4. The Morgan fingerprint density at radius 2 is 1.92 bits per heavy atom. The van der Waals surface area contributed by atoms with Gasteiger partial charge >= 0.3 is 0 Å². The Morgan fingerprint density at radius 3 is 2.72 bits per heavy atom. The van der Waals surface area contributed by atoms with E-state index in [1.807, 2.05) is 18.2 Å². The van der Waals surface area contributed by atoms with E-state index in [0.29, 0.717) is 33.5 Å². The van der Waals surface area contributed by atoms with Crippen molar-refractivity contribution in [2.45, 2.75) is 27.2 Å². The molecule has 36 heavy (non-hydrogen) atoms. The maximum absolute atomic E-state index is 13.5. The van der Waals surface area contributed by atoms with Crippen molar-refractivity contribution in [3.8, 4) is 5.69 Å². The fraction of sp³-hybridized carbons (Fsp3) is 0.222. The summed E-state index contributed by atoms with van der Waals surface area (Å²) >= 11 is 6.41. The first-order chi connectivity index (χ1) is 17.3. The quantitative estimate of drug-likeness (QED) is 0.369. The molecule has 8 nitrogen and oxygen atoms in total. The van der Waals surface area contributed by atoms with E-state index in [1.54, 1.807) is 35.1 Å². The highest BCUT2D eigenvalue weighted by Crippen LogP contribution is 2.30. The van der Waals surface area contributed by atoms with Gasteiger partial charge in [0, 0.05) is 47.5 Å². The Bertz CT molecular complexity index is 1740. The number of hydrogen-bond acceptors (Lipinski definition) is 6. The molecule has 1 aliphatic rings. The lowest BCUT2D eigenvalue weighted by Gasteiger charge is -2.27. The van der Waals surface area contributed by atoms with E-state index >= 15 is 0 Å². The van der Waals surface area contributed by atoms with Crippen LogP contribution in [-0.4, -0.2) is 36.2 Å². The van der Waals surface area contributed by atoms with Crippen molar-refractivity contribution in [2.75, 3.05) is 11.9 Å². The van der Waals surface area contributed by atoms with Crippen LogP contribution in [0, 0.1) is 5.41 Å². The molecule has 0 fully saturated rings. The minimum absolute atomic E-state index is 0.0537. The summed E-state index contributed by atoms with van der Waals surface area (Å²) in [6.45, 7) is 7.35. The minimum Gasteiger partial charge on any atom is -0.324 e. The van der Waals surface area contributed by atoms with Crippen LogP contribution in [0.5, 0.6) is 0 Å². The Morgan fingerprint density at radius 1 is 1.08 bits per heavy atom. The number of nitrogens with zero attached hydrogens (tertiary/aromatic N) is 6. The molecule has 0 radical (unpaired) electrons. The highest BCUT2D eigenvalue weighted by atomic mass is 35.5. The number of aromatic nitrogens is 5.